The summed E-state index contributed by atoms with van der Waals surface area (Å²) in [6.07, 6.45) is 10.8. The number of ether oxygens (including phenoxy) is 3. The van der Waals surface area contributed by atoms with E-state index < -0.39 is 11.2 Å². The van der Waals surface area contributed by atoms with Gasteiger partial charge in [0.15, 0.2) is 5.79 Å². The van der Waals surface area contributed by atoms with Gasteiger partial charge in [-0.15, -0.1) is 0 Å². The van der Waals surface area contributed by atoms with Crippen LogP contribution in [-0.2, 0) is 19.0 Å². The molecule has 3 unspecified atom stereocenters. The molecule has 128 valence electrons. The number of hydrogen-bond acceptors (Lipinski definition) is 4. The minimum absolute atomic E-state index is 0.127. The Bertz CT molecular complexity index is 356. The van der Waals surface area contributed by atoms with Crippen LogP contribution in [0.1, 0.15) is 78.1 Å². The van der Waals surface area contributed by atoms with Crippen molar-refractivity contribution in [3.8, 4) is 0 Å². The lowest BCUT2D eigenvalue weighted by Gasteiger charge is -2.38. The molecule has 4 nitrogen and oxygen atoms in total. The molecular weight excluding hydrogens is 280 g/mol. The number of rotatable bonds is 9. The van der Waals surface area contributed by atoms with E-state index in [-0.39, 0.29) is 12.1 Å². The Balaban J connectivity index is 1.90. The summed E-state index contributed by atoms with van der Waals surface area (Å²) in [5.41, 5.74) is -0.571. The predicted octanol–water partition coefficient (Wildman–Crippen LogP) is 4.21. The fourth-order valence-corrected chi connectivity index (χ4v) is 4.15. The molecule has 1 saturated heterocycles. The molecule has 2 rings (SSSR count). The fourth-order valence-electron chi connectivity index (χ4n) is 4.15. The van der Waals surface area contributed by atoms with Crippen LogP contribution >= 0.6 is 0 Å². The zero-order valence-electron chi connectivity index (χ0n) is 14.5. The summed E-state index contributed by atoms with van der Waals surface area (Å²) in [6.45, 7) is 4.93. The first-order chi connectivity index (χ1) is 10.6. The molecule has 0 bridgehead atoms. The average molecular weight is 312 g/mol. The van der Waals surface area contributed by atoms with Crippen LogP contribution in [0.3, 0.4) is 0 Å². The van der Waals surface area contributed by atoms with E-state index in [1.165, 1.54) is 39.2 Å². The SMILES string of the molecule is CCCCCCCC(C)OC12CCCC1(C(=O)OC)CCO2. The molecule has 0 amide bonds. The maximum atomic E-state index is 12.4. The number of methoxy groups -OCH3 is 1. The number of fused-ring (bicyclic) bond motifs is 1. The van der Waals surface area contributed by atoms with Gasteiger partial charge < -0.3 is 14.2 Å². The molecule has 0 aromatic carbocycles. The zero-order valence-corrected chi connectivity index (χ0v) is 14.5. The highest BCUT2D eigenvalue weighted by Crippen LogP contribution is 2.57. The van der Waals surface area contributed by atoms with E-state index in [4.69, 9.17) is 14.2 Å². The van der Waals surface area contributed by atoms with E-state index in [1.807, 2.05) is 0 Å². The Morgan fingerprint density at radius 2 is 1.95 bits per heavy atom. The van der Waals surface area contributed by atoms with Crippen LogP contribution < -0.4 is 0 Å². The van der Waals surface area contributed by atoms with Crippen LogP contribution in [0.5, 0.6) is 0 Å². The number of carbonyl (C=O) groups is 1. The molecular formula is C18H32O4. The molecule has 0 aromatic heterocycles. The van der Waals surface area contributed by atoms with Crippen molar-refractivity contribution in [1.29, 1.82) is 0 Å². The maximum Gasteiger partial charge on any atom is 0.317 e. The lowest BCUT2D eigenvalue weighted by atomic mass is 9.80. The van der Waals surface area contributed by atoms with E-state index in [1.54, 1.807) is 0 Å². The normalized spacial score (nSPS) is 32.0. The van der Waals surface area contributed by atoms with Crippen molar-refractivity contribution in [1.82, 2.24) is 0 Å². The first-order valence-electron chi connectivity index (χ1n) is 9.00. The molecule has 0 radical (unpaired) electrons. The third kappa shape index (κ3) is 3.33. The number of hydrogen-bond donors (Lipinski definition) is 0. The van der Waals surface area contributed by atoms with Gasteiger partial charge in [-0.3, -0.25) is 4.79 Å². The summed E-state index contributed by atoms with van der Waals surface area (Å²) in [7, 11) is 1.47. The van der Waals surface area contributed by atoms with Gasteiger partial charge in [0.1, 0.15) is 5.41 Å². The molecule has 1 saturated carbocycles. The van der Waals surface area contributed by atoms with Gasteiger partial charge in [0, 0.05) is 6.42 Å². The Labute approximate surface area is 134 Å². The smallest absolute Gasteiger partial charge is 0.317 e. The Hall–Kier alpha value is -0.610. The Morgan fingerprint density at radius 1 is 1.18 bits per heavy atom. The van der Waals surface area contributed by atoms with Crippen molar-refractivity contribution < 1.29 is 19.0 Å². The summed E-state index contributed by atoms with van der Waals surface area (Å²) in [5, 5.41) is 0. The van der Waals surface area contributed by atoms with E-state index in [0.29, 0.717) is 6.61 Å². The molecule has 1 heterocycles. The first kappa shape index (κ1) is 17.7. The van der Waals surface area contributed by atoms with Crippen LogP contribution in [0.25, 0.3) is 0 Å². The van der Waals surface area contributed by atoms with Gasteiger partial charge in [0.25, 0.3) is 0 Å². The average Bonchev–Trinajstić information content (AvgIpc) is 3.01. The summed E-state index contributed by atoms with van der Waals surface area (Å²) in [4.78, 5) is 12.4. The summed E-state index contributed by atoms with van der Waals surface area (Å²) in [5.74, 6) is -0.888. The van der Waals surface area contributed by atoms with Gasteiger partial charge in [-0.05, 0) is 32.6 Å². The molecule has 1 aliphatic heterocycles. The first-order valence-corrected chi connectivity index (χ1v) is 9.00. The van der Waals surface area contributed by atoms with Gasteiger partial charge in [-0.2, -0.15) is 0 Å². The fraction of sp³-hybridized carbons (Fsp3) is 0.944. The third-order valence-corrected chi connectivity index (χ3v) is 5.38. The van der Waals surface area contributed by atoms with Gasteiger partial charge in [-0.1, -0.05) is 39.0 Å². The van der Waals surface area contributed by atoms with Crippen LogP contribution in [0.4, 0.5) is 0 Å². The largest absolute Gasteiger partial charge is 0.468 e. The zero-order chi connectivity index (χ0) is 16.1. The molecule has 3 atom stereocenters. The summed E-state index contributed by atoms with van der Waals surface area (Å²) < 4.78 is 17.4. The molecule has 2 aliphatic rings. The quantitative estimate of drug-likeness (QED) is 0.472. The summed E-state index contributed by atoms with van der Waals surface area (Å²) >= 11 is 0. The molecule has 0 aromatic rings. The number of unbranched alkanes of at least 4 members (excludes halogenated alkanes) is 4. The van der Waals surface area contributed by atoms with Crippen LogP contribution in [0.15, 0.2) is 0 Å². The second-order valence-electron chi connectivity index (χ2n) is 6.91. The Kier molecular flexibility index (Phi) is 6.27. The van der Waals surface area contributed by atoms with Crippen molar-refractivity contribution in [2.75, 3.05) is 13.7 Å². The minimum atomic E-state index is -0.733. The van der Waals surface area contributed by atoms with Crippen molar-refractivity contribution in [3.05, 3.63) is 0 Å². The Morgan fingerprint density at radius 3 is 2.68 bits per heavy atom. The maximum absolute atomic E-state index is 12.4. The van der Waals surface area contributed by atoms with Crippen molar-refractivity contribution in [2.45, 2.75) is 89.9 Å². The van der Waals surface area contributed by atoms with Crippen molar-refractivity contribution >= 4 is 5.97 Å². The predicted molar refractivity (Wildman–Crippen MR) is 85.5 cm³/mol. The van der Waals surface area contributed by atoms with E-state index in [2.05, 4.69) is 13.8 Å². The van der Waals surface area contributed by atoms with Gasteiger partial charge in [-0.25, -0.2) is 0 Å². The summed E-state index contributed by atoms with van der Waals surface area (Å²) in [6, 6.07) is 0. The van der Waals surface area contributed by atoms with Crippen LogP contribution in [0, 0.1) is 5.41 Å². The third-order valence-electron chi connectivity index (χ3n) is 5.38. The van der Waals surface area contributed by atoms with Gasteiger partial charge >= 0.3 is 5.97 Å². The molecule has 2 fully saturated rings. The van der Waals surface area contributed by atoms with Crippen LogP contribution in [0.2, 0.25) is 0 Å². The standard InChI is InChI=1S/C18H32O4/c1-4-5-6-7-8-10-15(2)22-18-12-9-11-17(18,13-14-21-18)16(19)20-3/h15H,4-14H2,1-3H3. The number of carbonyl (C=O) groups excluding carboxylic acids is 1. The molecule has 0 spiro atoms. The highest BCUT2D eigenvalue weighted by Gasteiger charge is 2.66. The van der Waals surface area contributed by atoms with E-state index >= 15 is 0 Å². The van der Waals surface area contributed by atoms with E-state index in [0.717, 1.165) is 32.1 Å². The minimum Gasteiger partial charge on any atom is -0.468 e. The monoisotopic (exact) mass is 312 g/mol. The molecule has 4 heteroatoms. The second-order valence-corrected chi connectivity index (χ2v) is 6.91. The van der Waals surface area contributed by atoms with Crippen LogP contribution in [-0.4, -0.2) is 31.6 Å². The lowest BCUT2D eigenvalue weighted by molar-refractivity contribution is -0.267. The molecule has 1 aliphatic carbocycles. The van der Waals surface area contributed by atoms with Crippen molar-refractivity contribution in [3.63, 3.8) is 0 Å². The van der Waals surface area contributed by atoms with Gasteiger partial charge in [0.2, 0.25) is 0 Å². The van der Waals surface area contributed by atoms with Crippen molar-refractivity contribution in [2.24, 2.45) is 5.41 Å². The highest BCUT2D eigenvalue weighted by atomic mass is 16.7. The topological polar surface area (TPSA) is 44.8 Å². The lowest BCUT2D eigenvalue weighted by Crippen LogP contribution is -2.50. The molecule has 22 heavy (non-hydrogen) atoms. The number of esters is 1. The van der Waals surface area contributed by atoms with E-state index in [9.17, 15) is 4.79 Å². The second kappa shape index (κ2) is 7.78. The van der Waals surface area contributed by atoms with Gasteiger partial charge in [0.05, 0.1) is 19.8 Å². The molecule has 0 N–H and O–H groups in total. The highest BCUT2D eigenvalue weighted by molar-refractivity contribution is 5.79.